The molecule has 0 saturated carbocycles. The number of benzene rings is 5. The maximum Gasteiger partial charge on any atom is 0.327 e. The van der Waals surface area contributed by atoms with Crippen LogP contribution in [0.2, 0.25) is 0 Å². The SMILES string of the molecule is CC(C)CNCc1ccc(CC2NC(=O)C(Cc3c[nH]c4ccccc34)NC(=O)[C@H](Cc3ccccc3)NC(=O)C(Cc3ccccc3)NC(=O)[C@H](CCCCN)NC(=O)[C@@H](N)CSSC[C@@H](C(=O)O)NC(=O)[C@H](CO)NC(=O)C([C@@H](C)O)NC(=O)[C@H](Cc3ccccc3)NC(=O)C([C@@H](C)O)NC2=O)cc1. The Bertz CT molecular complexity index is 3900. The van der Waals surface area contributed by atoms with Crippen LogP contribution in [0, 0.1) is 5.92 Å². The fourth-order valence-electron chi connectivity index (χ4n) is 11.6. The summed E-state index contributed by atoms with van der Waals surface area (Å²) < 4.78 is 0. The van der Waals surface area contributed by atoms with E-state index in [1.165, 1.54) is 6.92 Å². The van der Waals surface area contributed by atoms with Gasteiger partial charge in [0, 0.05) is 67.3 Å². The largest absolute Gasteiger partial charge is 0.480 e. The van der Waals surface area contributed by atoms with Gasteiger partial charge in [0.1, 0.15) is 60.4 Å². The van der Waals surface area contributed by atoms with E-state index in [0.29, 0.717) is 64.0 Å². The number of carboxylic acid groups (broad SMARTS) is 1. The minimum absolute atomic E-state index is 0.0301. The third-order valence-electron chi connectivity index (χ3n) is 17.5. The topological polar surface area (TPSA) is 469 Å². The Kier molecular flexibility index (Phi) is 33.4. The molecule has 106 heavy (non-hydrogen) atoms. The number of nitrogens with two attached hydrogens (primary N) is 2. The summed E-state index contributed by atoms with van der Waals surface area (Å²) in [4.78, 5) is 163. The Morgan fingerprint density at radius 1 is 0.462 bits per heavy atom. The maximum absolute atomic E-state index is 15.6. The standard InChI is InChI=1S/C75H98N14O15S2/c1-43(2)37-78-38-50-29-27-49(28-30-50)35-58-70(98)88-63(44(3)91)73(101)85-59(34-48-22-12-7-13-23-48)71(99)89-64(45(4)92)74(102)86-61(40-90)72(100)87-62(75(103)104)42-106-105-41-53(77)65(93)80-55(26-16-17-31-76)66(94)81-56(32-46-18-8-5-9-19-46)67(95)82-57(33-47-20-10-6-11-21-47)68(96)84-60(69(97)83-58)36-51-39-79-54-25-15-14-24-52(51)54/h5-15,18-25,27-30,39,43-45,53,55-64,78-79,90-92H,16-17,26,31-38,40-42,76-77H2,1-4H3,(H,80,93)(H,81,94)(H,82,95)(H,83,97)(H,84,96)(H,85,101)(H,86,102)(H,87,100)(H,88,98)(H,89,99)(H,103,104)/t44-,45-,53+,55+,56?,57+,58?,59+,60?,61+,62+,63?,64?/m1/s1. The van der Waals surface area contributed by atoms with Gasteiger partial charge in [0.2, 0.25) is 59.1 Å². The zero-order valence-corrected chi connectivity index (χ0v) is 61.2. The summed E-state index contributed by atoms with van der Waals surface area (Å²) in [7, 11) is 1.84. The number of aromatic amines is 1. The summed E-state index contributed by atoms with van der Waals surface area (Å²) in [6.45, 7) is 6.83. The van der Waals surface area contributed by atoms with Gasteiger partial charge in [-0.3, -0.25) is 47.9 Å². The highest BCUT2D eigenvalue weighted by Crippen LogP contribution is 2.24. The molecule has 10 amide bonds. The second-order valence-electron chi connectivity index (χ2n) is 26.6. The number of carbonyl (C=O) groups excluding carboxylic acids is 10. The van der Waals surface area contributed by atoms with E-state index in [2.05, 4.69) is 77.3 Å². The van der Waals surface area contributed by atoms with Crippen LogP contribution in [0.25, 0.3) is 10.9 Å². The number of hydrogen-bond donors (Lipinski definition) is 18. The molecule has 5 unspecified atom stereocenters. The number of unbranched alkanes of at least 4 members (excludes halogenated alkanes) is 1. The van der Waals surface area contributed by atoms with Crippen LogP contribution in [0.3, 0.4) is 0 Å². The van der Waals surface area contributed by atoms with Gasteiger partial charge >= 0.3 is 5.97 Å². The fraction of sp³-hybridized carbons (Fsp3) is 0.427. The smallest absolute Gasteiger partial charge is 0.327 e. The quantitative estimate of drug-likeness (QED) is 0.0313. The number of rotatable bonds is 22. The molecular formula is C75H98N14O15S2. The van der Waals surface area contributed by atoms with E-state index in [9.17, 15) is 54.0 Å². The third kappa shape index (κ3) is 26.4. The van der Waals surface area contributed by atoms with Crippen molar-refractivity contribution in [3.05, 3.63) is 179 Å². The van der Waals surface area contributed by atoms with E-state index in [1.54, 1.807) is 121 Å². The zero-order chi connectivity index (χ0) is 76.8. The predicted molar refractivity (Wildman–Crippen MR) is 402 cm³/mol. The lowest BCUT2D eigenvalue weighted by Gasteiger charge is -2.29. The van der Waals surface area contributed by atoms with E-state index in [1.807, 2.05) is 24.3 Å². The predicted octanol–water partition coefficient (Wildman–Crippen LogP) is -0.0354. The summed E-state index contributed by atoms with van der Waals surface area (Å²) in [5.41, 5.74) is 16.5. The first-order valence-corrected chi connectivity index (χ1v) is 37.7. The van der Waals surface area contributed by atoms with Crippen LogP contribution in [0.15, 0.2) is 146 Å². The van der Waals surface area contributed by atoms with Crippen molar-refractivity contribution >= 4 is 97.5 Å². The van der Waals surface area contributed by atoms with E-state index in [4.69, 9.17) is 11.5 Å². The first-order valence-electron chi connectivity index (χ1n) is 35.2. The van der Waals surface area contributed by atoms with Gasteiger partial charge in [-0.05, 0) is 91.6 Å². The molecule has 13 atom stereocenters. The number of nitrogens with one attached hydrogen (secondary N) is 12. The molecule has 570 valence electrons. The monoisotopic (exact) mass is 1500 g/mol. The number of aromatic nitrogens is 1. The molecule has 1 aliphatic heterocycles. The molecule has 20 N–H and O–H groups in total. The lowest BCUT2D eigenvalue weighted by atomic mass is 9.99. The van der Waals surface area contributed by atoms with Crippen molar-refractivity contribution in [1.82, 2.24) is 63.5 Å². The molecule has 0 radical (unpaired) electrons. The highest BCUT2D eigenvalue weighted by atomic mass is 33.1. The van der Waals surface area contributed by atoms with E-state index in [-0.39, 0.29) is 56.6 Å². The number of H-pyrrole nitrogens is 1. The molecule has 7 rings (SSSR count). The summed E-state index contributed by atoms with van der Waals surface area (Å²) >= 11 is 0. The van der Waals surface area contributed by atoms with Crippen LogP contribution < -0.4 is 70.0 Å². The molecule has 1 fully saturated rings. The molecule has 31 heteroatoms. The average Bonchev–Trinajstić information content (AvgIpc) is 1.56. The second kappa shape index (κ2) is 42.4. The molecule has 1 aromatic heterocycles. The third-order valence-corrected chi connectivity index (χ3v) is 19.9. The Balaban J connectivity index is 1.32. The van der Waals surface area contributed by atoms with Crippen LogP contribution in [0.5, 0.6) is 0 Å². The molecule has 2 heterocycles. The Labute approximate surface area is 623 Å². The molecule has 5 aromatic carbocycles. The number of aliphatic hydroxyl groups excluding tert-OH is 3. The van der Waals surface area contributed by atoms with E-state index >= 15 is 19.2 Å². The van der Waals surface area contributed by atoms with Gasteiger partial charge < -0.3 is 95.4 Å². The van der Waals surface area contributed by atoms with Crippen LogP contribution in [-0.2, 0) is 91.4 Å². The van der Waals surface area contributed by atoms with Gasteiger partial charge in [-0.25, -0.2) is 4.79 Å². The van der Waals surface area contributed by atoms with Gasteiger partial charge in [-0.2, -0.15) is 0 Å². The summed E-state index contributed by atoms with van der Waals surface area (Å²) in [6, 6.07) is 22.3. The first-order chi connectivity index (χ1) is 50.8. The minimum Gasteiger partial charge on any atom is -0.480 e. The molecule has 0 aliphatic carbocycles. The number of carbonyl (C=O) groups is 11. The molecule has 0 bridgehead atoms. The molecule has 0 spiro atoms. The lowest BCUT2D eigenvalue weighted by Crippen LogP contribution is -2.63. The Hall–Kier alpha value is -9.73. The minimum atomic E-state index is -1.91. The van der Waals surface area contributed by atoms with Gasteiger partial charge in [0.25, 0.3) is 0 Å². The van der Waals surface area contributed by atoms with E-state index < -0.39 is 150 Å². The molecule has 1 saturated heterocycles. The van der Waals surface area contributed by atoms with Crippen molar-refractivity contribution in [2.75, 3.05) is 31.2 Å². The lowest BCUT2D eigenvalue weighted by molar-refractivity contribution is -0.142. The number of aliphatic hydroxyl groups is 3. The molecule has 6 aromatic rings. The average molecular weight is 1500 g/mol. The van der Waals surface area contributed by atoms with E-state index in [0.717, 1.165) is 40.6 Å². The number of carboxylic acids is 1. The van der Waals surface area contributed by atoms with Gasteiger partial charge in [-0.1, -0.05) is 169 Å². The van der Waals surface area contributed by atoms with Gasteiger partial charge in [0.15, 0.2) is 0 Å². The highest BCUT2D eigenvalue weighted by molar-refractivity contribution is 8.76. The van der Waals surface area contributed by atoms with Crippen LogP contribution in [0.1, 0.15) is 80.3 Å². The fourth-order valence-corrected chi connectivity index (χ4v) is 13.9. The van der Waals surface area contributed by atoms with Crippen LogP contribution in [-0.4, -0.2) is 200 Å². The second-order valence-corrected chi connectivity index (χ2v) is 29.2. The number of amides is 10. The van der Waals surface area contributed by atoms with Crippen molar-refractivity contribution in [1.29, 1.82) is 0 Å². The number of fused-ring (bicyclic) bond motifs is 1. The van der Waals surface area contributed by atoms with Crippen molar-refractivity contribution in [3.8, 4) is 0 Å². The number of aliphatic carboxylic acids is 1. The van der Waals surface area contributed by atoms with Crippen LogP contribution >= 0.6 is 21.6 Å². The Morgan fingerprint density at radius 2 is 0.849 bits per heavy atom. The zero-order valence-electron chi connectivity index (χ0n) is 59.6. The van der Waals surface area contributed by atoms with Crippen molar-refractivity contribution in [2.24, 2.45) is 17.4 Å². The first kappa shape index (κ1) is 83.5. The summed E-state index contributed by atoms with van der Waals surface area (Å²) in [5, 5.41) is 73.2. The summed E-state index contributed by atoms with van der Waals surface area (Å²) in [5.74, 6) is -11.6. The molecular weight excluding hydrogens is 1400 g/mol. The Morgan fingerprint density at radius 3 is 1.30 bits per heavy atom. The van der Waals surface area contributed by atoms with Crippen LogP contribution in [0.4, 0.5) is 0 Å². The number of hydrogen-bond acceptors (Lipinski definition) is 19. The molecule has 29 nitrogen and oxygen atoms in total. The highest BCUT2D eigenvalue weighted by Gasteiger charge is 2.39. The maximum atomic E-state index is 15.6. The number of para-hydroxylation sites is 1. The summed E-state index contributed by atoms with van der Waals surface area (Å²) in [6.07, 6.45) is -2.01. The van der Waals surface area contributed by atoms with Gasteiger partial charge in [-0.15, -0.1) is 0 Å². The van der Waals surface area contributed by atoms with Crippen molar-refractivity contribution < 1.29 is 73.2 Å². The normalized spacial score (nSPS) is 23.7. The van der Waals surface area contributed by atoms with Crippen molar-refractivity contribution in [2.45, 2.75) is 164 Å². The van der Waals surface area contributed by atoms with Crippen molar-refractivity contribution in [3.63, 3.8) is 0 Å². The van der Waals surface area contributed by atoms with Gasteiger partial charge in [0.05, 0.1) is 24.9 Å². The molecule has 1 aliphatic rings.